The SMILES string of the molecule is NC(=S)c1ccnc(Nc2cc(C(F)(F)F)ccc2Br)n1. The van der Waals surface area contributed by atoms with Gasteiger partial charge in [-0.05, 0) is 40.2 Å². The Labute approximate surface area is 131 Å². The minimum absolute atomic E-state index is 0.0727. The number of halogens is 4. The Kier molecular flexibility index (Phi) is 4.43. The van der Waals surface area contributed by atoms with E-state index in [2.05, 4.69) is 31.2 Å². The highest BCUT2D eigenvalue weighted by Crippen LogP contribution is 2.34. The second-order valence-electron chi connectivity index (χ2n) is 3.95. The third kappa shape index (κ3) is 3.88. The van der Waals surface area contributed by atoms with Crippen molar-refractivity contribution in [3.8, 4) is 0 Å². The smallest absolute Gasteiger partial charge is 0.388 e. The minimum Gasteiger partial charge on any atom is -0.388 e. The molecular formula is C12H8BrF3N4S. The molecule has 21 heavy (non-hydrogen) atoms. The Hall–Kier alpha value is -1.74. The van der Waals surface area contributed by atoms with E-state index in [4.69, 9.17) is 18.0 Å². The van der Waals surface area contributed by atoms with Crippen molar-refractivity contribution >= 4 is 44.8 Å². The number of anilines is 2. The second-order valence-corrected chi connectivity index (χ2v) is 5.24. The van der Waals surface area contributed by atoms with E-state index in [0.717, 1.165) is 12.1 Å². The van der Waals surface area contributed by atoms with Crippen molar-refractivity contribution in [1.82, 2.24) is 9.97 Å². The van der Waals surface area contributed by atoms with Gasteiger partial charge in [-0.15, -0.1) is 0 Å². The van der Waals surface area contributed by atoms with Gasteiger partial charge in [-0.3, -0.25) is 0 Å². The lowest BCUT2D eigenvalue weighted by Gasteiger charge is -2.12. The molecule has 3 N–H and O–H groups in total. The largest absolute Gasteiger partial charge is 0.416 e. The summed E-state index contributed by atoms with van der Waals surface area (Å²) in [5.41, 5.74) is 5.17. The molecule has 1 heterocycles. The third-order valence-corrected chi connectivity index (χ3v) is 3.35. The van der Waals surface area contributed by atoms with Crippen molar-refractivity contribution in [3.05, 3.63) is 46.2 Å². The van der Waals surface area contributed by atoms with Gasteiger partial charge in [-0.1, -0.05) is 12.2 Å². The Morgan fingerprint density at radius 3 is 2.62 bits per heavy atom. The van der Waals surface area contributed by atoms with Crippen LogP contribution in [0.25, 0.3) is 0 Å². The molecule has 0 bridgehead atoms. The third-order valence-electron chi connectivity index (χ3n) is 2.45. The molecule has 0 atom stereocenters. The average molecular weight is 377 g/mol. The van der Waals surface area contributed by atoms with Crippen LogP contribution in [0.3, 0.4) is 0 Å². The van der Waals surface area contributed by atoms with Gasteiger partial charge in [0.15, 0.2) is 0 Å². The fourth-order valence-electron chi connectivity index (χ4n) is 1.47. The van der Waals surface area contributed by atoms with Gasteiger partial charge in [-0.2, -0.15) is 13.2 Å². The molecule has 2 aromatic rings. The lowest BCUT2D eigenvalue weighted by Crippen LogP contribution is -2.13. The normalized spacial score (nSPS) is 11.2. The van der Waals surface area contributed by atoms with Crippen LogP contribution in [-0.2, 0) is 6.18 Å². The molecule has 0 unspecified atom stereocenters. The summed E-state index contributed by atoms with van der Waals surface area (Å²) in [5.74, 6) is 0.0975. The molecule has 0 aliphatic carbocycles. The number of aromatic nitrogens is 2. The minimum atomic E-state index is -4.43. The first-order chi connectivity index (χ1) is 9.77. The number of nitrogens with zero attached hydrogens (tertiary/aromatic N) is 2. The van der Waals surface area contributed by atoms with Crippen LogP contribution in [-0.4, -0.2) is 15.0 Å². The van der Waals surface area contributed by atoms with Crippen molar-refractivity contribution in [3.63, 3.8) is 0 Å². The summed E-state index contributed by atoms with van der Waals surface area (Å²) in [5, 5.41) is 2.70. The van der Waals surface area contributed by atoms with E-state index < -0.39 is 11.7 Å². The van der Waals surface area contributed by atoms with Gasteiger partial charge in [0.05, 0.1) is 11.3 Å². The molecule has 0 saturated carbocycles. The Bertz CT molecular complexity index is 690. The zero-order chi connectivity index (χ0) is 15.6. The Balaban J connectivity index is 2.35. The van der Waals surface area contributed by atoms with Crippen LogP contribution in [0.4, 0.5) is 24.8 Å². The van der Waals surface area contributed by atoms with Gasteiger partial charge in [0, 0.05) is 10.7 Å². The summed E-state index contributed by atoms with van der Waals surface area (Å²) in [6.45, 7) is 0. The van der Waals surface area contributed by atoms with E-state index in [1.807, 2.05) is 0 Å². The van der Waals surface area contributed by atoms with Crippen molar-refractivity contribution in [2.24, 2.45) is 5.73 Å². The van der Waals surface area contributed by atoms with Gasteiger partial charge in [0.25, 0.3) is 0 Å². The standard InChI is InChI=1S/C12H8BrF3N4S/c13-7-2-1-6(12(14,15)16)5-9(7)20-11-18-4-3-8(19-11)10(17)21/h1-5H,(H2,17,21)(H,18,19,20). The number of thiocarbonyl (C=S) groups is 1. The van der Waals surface area contributed by atoms with Crippen molar-refractivity contribution in [1.29, 1.82) is 0 Å². The number of nitrogens with two attached hydrogens (primary N) is 1. The summed E-state index contributed by atoms with van der Waals surface area (Å²) >= 11 is 7.95. The molecule has 0 amide bonds. The van der Waals surface area contributed by atoms with E-state index in [9.17, 15) is 13.2 Å². The first-order valence-electron chi connectivity index (χ1n) is 5.54. The molecule has 1 aromatic heterocycles. The zero-order valence-electron chi connectivity index (χ0n) is 10.3. The lowest BCUT2D eigenvalue weighted by molar-refractivity contribution is -0.137. The summed E-state index contributed by atoms with van der Waals surface area (Å²) in [6, 6.07) is 4.74. The number of hydrogen-bond donors (Lipinski definition) is 2. The summed E-state index contributed by atoms with van der Waals surface area (Å²) in [6.07, 6.45) is -3.02. The first kappa shape index (κ1) is 15.6. The highest BCUT2D eigenvalue weighted by Gasteiger charge is 2.31. The second kappa shape index (κ2) is 5.94. The van der Waals surface area contributed by atoms with Gasteiger partial charge >= 0.3 is 6.18 Å². The first-order valence-corrected chi connectivity index (χ1v) is 6.74. The van der Waals surface area contributed by atoms with Gasteiger partial charge in [0.1, 0.15) is 10.7 Å². The van der Waals surface area contributed by atoms with E-state index in [1.165, 1.54) is 18.3 Å². The quantitative estimate of drug-likeness (QED) is 0.800. The lowest BCUT2D eigenvalue weighted by atomic mass is 10.2. The van der Waals surface area contributed by atoms with Crippen LogP contribution in [0.1, 0.15) is 11.3 Å². The maximum atomic E-state index is 12.7. The molecular weight excluding hydrogens is 369 g/mol. The molecule has 110 valence electrons. The summed E-state index contributed by atoms with van der Waals surface area (Å²) in [7, 11) is 0. The predicted molar refractivity (Wildman–Crippen MR) is 80.3 cm³/mol. The van der Waals surface area contributed by atoms with Crippen LogP contribution >= 0.6 is 28.1 Å². The van der Waals surface area contributed by atoms with Crippen LogP contribution in [0.15, 0.2) is 34.9 Å². The van der Waals surface area contributed by atoms with E-state index in [1.54, 1.807) is 0 Å². The molecule has 9 heteroatoms. The molecule has 0 aliphatic heterocycles. The monoisotopic (exact) mass is 376 g/mol. The topological polar surface area (TPSA) is 63.8 Å². The number of alkyl halides is 3. The summed E-state index contributed by atoms with van der Waals surface area (Å²) < 4.78 is 38.5. The van der Waals surface area contributed by atoms with E-state index in [0.29, 0.717) is 10.2 Å². The molecule has 0 saturated heterocycles. The molecule has 0 spiro atoms. The van der Waals surface area contributed by atoms with Crippen molar-refractivity contribution in [2.45, 2.75) is 6.18 Å². The number of rotatable bonds is 3. The van der Waals surface area contributed by atoms with Gasteiger partial charge < -0.3 is 11.1 Å². The molecule has 4 nitrogen and oxygen atoms in total. The summed E-state index contributed by atoms with van der Waals surface area (Å²) in [4.78, 5) is 7.99. The van der Waals surface area contributed by atoms with Crippen molar-refractivity contribution < 1.29 is 13.2 Å². The predicted octanol–water partition coefficient (Wildman–Crippen LogP) is 3.64. The molecule has 0 aliphatic rings. The fraction of sp³-hybridized carbons (Fsp3) is 0.0833. The Morgan fingerprint density at radius 2 is 2.00 bits per heavy atom. The average Bonchev–Trinajstić information content (AvgIpc) is 2.40. The van der Waals surface area contributed by atoms with Gasteiger partial charge in [-0.25, -0.2) is 9.97 Å². The van der Waals surface area contributed by atoms with Gasteiger partial charge in [0.2, 0.25) is 5.95 Å². The van der Waals surface area contributed by atoms with Crippen LogP contribution in [0.5, 0.6) is 0 Å². The fourth-order valence-corrected chi connectivity index (χ4v) is 1.93. The molecule has 2 rings (SSSR count). The Morgan fingerprint density at radius 1 is 1.29 bits per heavy atom. The number of nitrogens with one attached hydrogen (secondary N) is 1. The number of benzene rings is 1. The highest BCUT2D eigenvalue weighted by molar-refractivity contribution is 9.10. The number of hydrogen-bond acceptors (Lipinski definition) is 4. The maximum absolute atomic E-state index is 12.7. The van der Waals surface area contributed by atoms with Crippen molar-refractivity contribution in [2.75, 3.05) is 5.32 Å². The van der Waals surface area contributed by atoms with Crippen LogP contribution in [0, 0.1) is 0 Å². The van der Waals surface area contributed by atoms with E-state index >= 15 is 0 Å². The maximum Gasteiger partial charge on any atom is 0.416 e. The zero-order valence-corrected chi connectivity index (χ0v) is 12.7. The highest BCUT2D eigenvalue weighted by atomic mass is 79.9. The van der Waals surface area contributed by atoms with E-state index in [-0.39, 0.29) is 16.6 Å². The molecule has 0 fully saturated rings. The van der Waals surface area contributed by atoms with Crippen LogP contribution < -0.4 is 11.1 Å². The molecule has 0 radical (unpaired) electrons. The van der Waals surface area contributed by atoms with Crippen LogP contribution in [0.2, 0.25) is 0 Å². The molecule has 1 aromatic carbocycles.